The largest absolute Gasteiger partial charge is 0.457 e. The van der Waals surface area contributed by atoms with Crippen LogP contribution in [0.25, 0.3) is 16.2 Å². The Hall–Kier alpha value is -3.56. The lowest BCUT2D eigenvalue weighted by Gasteiger charge is -2.06. The molecule has 5 aromatic rings. The van der Waals surface area contributed by atoms with Crippen molar-refractivity contribution in [1.29, 1.82) is 0 Å². The van der Waals surface area contributed by atoms with Crippen molar-refractivity contribution in [1.82, 2.24) is 19.6 Å². The first-order valence-corrected chi connectivity index (χ1v) is 12.3. The highest BCUT2D eigenvalue weighted by atomic mass is 32.2. The molecule has 160 valence electrons. The van der Waals surface area contributed by atoms with Crippen LogP contribution in [-0.2, 0) is 15.6 Å². The van der Waals surface area contributed by atoms with Crippen LogP contribution in [0.2, 0.25) is 0 Å². The monoisotopic (exact) mass is 462 g/mol. The third-order valence-corrected chi connectivity index (χ3v) is 7.78. The molecular formula is C23H18N4O3S2. The number of sulfone groups is 1. The van der Waals surface area contributed by atoms with E-state index in [1.807, 2.05) is 55.5 Å². The minimum atomic E-state index is -3.59. The fraction of sp³-hybridized carbons (Fsp3) is 0.0870. The maximum absolute atomic E-state index is 12.7. The van der Waals surface area contributed by atoms with E-state index in [0.717, 1.165) is 28.4 Å². The maximum Gasteiger partial charge on any atom is 0.233 e. The summed E-state index contributed by atoms with van der Waals surface area (Å²) in [6.07, 6.45) is 3.30. The highest BCUT2D eigenvalue weighted by molar-refractivity contribution is 7.92. The predicted molar refractivity (Wildman–Crippen MR) is 123 cm³/mol. The molecule has 7 nitrogen and oxygen atoms in total. The van der Waals surface area contributed by atoms with Gasteiger partial charge in [-0.1, -0.05) is 35.1 Å². The lowest BCUT2D eigenvalue weighted by molar-refractivity contribution is 0.482. The summed E-state index contributed by atoms with van der Waals surface area (Å²) in [5, 5.41) is 4.24. The van der Waals surface area contributed by atoms with Gasteiger partial charge in [0.2, 0.25) is 19.1 Å². The van der Waals surface area contributed by atoms with Gasteiger partial charge in [-0.05, 0) is 55.5 Å². The van der Waals surface area contributed by atoms with Crippen molar-refractivity contribution in [3.63, 3.8) is 0 Å². The number of fused-ring (bicyclic) bond motifs is 1. The molecule has 9 heteroatoms. The van der Waals surface area contributed by atoms with Crippen LogP contribution < -0.4 is 4.74 Å². The molecule has 32 heavy (non-hydrogen) atoms. The Balaban J connectivity index is 1.34. The average Bonchev–Trinajstić information content (AvgIpc) is 3.37. The zero-order chi connectivity index (χ0) is 22.1. The van der Waals surface area contributed by atoms with Gasteiger partial charge in [-0.3, -0.25) is 4.98 Å². The first-order valence-electron chi connectivity index (χ1n) is 9.80. The van der Waals surface area contributed by atoms with Gasteiger partial charge < -0.3 is 4.74 Å². The standard InChI is InChI=1S/C23H18N4O3S2/c1-16-5-9-19(10-6-16)30-20-11-7-17(8-12-20)21-14-27-22(25-21)31-23(26-27)32(28,29)15-18-4-2-3-13-24-18/h2-14H,15H2,1H3. The van der Waals surface area contributed by atoms with Gasteiger partial charge in [-0.15, -0.1) is 5.10 Å². The summed E-state index contributed by atoms with van der Waals surface area (Å²) in [6, 6.07) is 20.6. The Kier molecular flexibility index (Phi) is 5.20. The minimum Gasteiger partial charge on any atom is -0.457 e. The summed E-state index contributed by atoms with van der Waals surface area (Å²) in [5.41, 5.74) is 3.25. The number of nitrogens with zero attached hydrogens (tertiary/aromatic N) is 4. The highest BCUT2D eigenvalue weighted by Crippen LogP contribution is 2.28. The Labute approximate surface area is 188 Å². The molecule has 2 aromatic carbocycles. The second-order valence-electron chi connectivity index (χ2n) is 7.24. The fourth-order valence-electron chi connectivity index (χ4n) is 3.12. The predicted octanol–water partition coefficient (Wildman–Crippen LogP) is 4.93. The van der Waals surface area contributed by atoms with E-state index in [0.29, 0.717) is 16.3 Å². The lowest BCUT2D eigenvalue weighted by Crippen LogP contribution is -2.06. The van der Waals surface area contributed by atoms with Gasteiger partial charge in [0.1, 0.15) is 11.5 Å². The van der Waals surface area contributed by atoms with E-state index in [2.05, 4.69) is 15.1 Å². The Bertz CT molecular complexity index is 1440. The number of benzene rings is 2. The van der Waals surface area contributed by atoms with Crippen LogP contribution in [0.5, 0.6) is 11.5 Å². The molecule has 0 saturated heterocycles. The molecule has 0 radical (unpaired) electrons. The van der Waals surface area contributed by atoms with E-state index >= 15 is 0 Å². The van der Waals surface area contributed by atoms with Gasteiger partial charge >= 0.3 is 0 Å². The van der Waals surface area contributed by atoms with E-state index in [9.17, 15) is 8.42 Å². The molecule has 0 N–H and O–H groups in total. The molecule has 0 aliphatic carbocycles. The number of hydrogen-bond acceptors (Lipinski definition) is 7. The van der Waals surface area contributed by atoms with Crippen LogP contribution in [0.3, 0.4) is 0 Å². The van der Waals surface area contributed by atoms with E-state index in [4.69, 9.17) is 4.74 Å². The van der Waals surface area contributed by atoms with Crippen LogP contribution in [0.1, 0.15) is 11.3 Å². The first kappa shape index (κ1) is 20.3. The number of hydrogen-bond donors (Lipinski definition) is 0. The normalized spacial score (nSPS) is 11.7. The summed E-state index contributed by atoms with van der Waals surface area (Å²) < 4.78 is 32.8. The van der Waals surface area contributed by atoms with Gasteiger partial charge in [-0.25, -0.2) is 17.9 Å². The van der Waals surface area contributed by atoms with Crippen molar-refractivity contribution in [2.24, 2.45) is 0 Å². The zero-order valence-corrected chi connectivity index (χ0v) is 18.7. The summed E-state index contributed by atoms with van der Waals surface area (Å²) in [7, 11) is -3.59. The van der Waals surface area contributed by atoms with Gasteiger partial charge in [0.15, 0.2) is 0 Å². The number of aryl methyl sites for hydroxylation is 1. The SMILES string of the molecule is Cc1ccc(Oc2ccc(-c3cn4nc(S(=O)(=O)Cc5ccccn5)sc4n3)cc2)cc1. The Morgan fingerprint density at radius 3 is 2.34 bits per heavy atom. The lowest BCUT2D eigenvalue weighted by atomic mass is 10.1. The second-order valence-corrected chi connectivity index (χ2v) is 10.4. The summed E-state index contributed by atoms with van der Waals surface area (Å²) in [6.45, 7) is 2.03. The van der Waals surface area contributed by atoms with Gasteiger partial charge in [0, 0.05) is 11.8 Å². The number of rotatable bonds is 6. The summed E-state index contributed by atoms with van der Waals surface area (Å²) in [5.74, 6) is 1.30. The van der Waals surface area contributed by atoms with Crippen molar-refractivity contribution >= 4 is 26.1 Å². The molecule has 0 bridgehead atoms. The Morgan fingerprint density at radius 1 is 0.969 bits per heavy atom. The van der Waals surface area contributed by atoms with Crippen LogP contribution in [-0.4, -0.2) is 28.0 Å². The van der Waals surface area contributed by atoms with Crippen LogP contribution in [0.4, 0.5) is 0 Å². The summed E-state index contributed by atoms with van der Waals surface area (Å²) >= 11 is 1.05. The number of pyridine rings is 1. The van der Waals surface area contributed by atoms with E-state index in [-0.39, 0.29) is 10.1 Å². The number of imidazole rings is 1. The molecule has 0 aliphatic rings. The molecule has 0 unspecified atom stereocenters. The molecule has 3 aromatic heterocycles. The third kappa shape index (κ3) is 4.25. The fourth-order valence-corrected chi connectivity index (χ4v) is 5.54. The van der Waals surface area contributed by atoms with Crippen molar-refractivity contribution in [3.05, 3.63) is 90.4 Å². The molecule has 0 spiro atoms. The molecule has 0 saturated carbocycles. The second kappa shape index (κ2) is 8.18. The zero-order valence-electron chi connectivity index (χ0n) is 17.0. The van der Waals surface area contributed by atoms with Crippen molar-refractivity contribution in [2.45, 2.75) is 17.0 Å². The average molecular weight is 463 g/mol. The molecule has 3 heterocycles. The van der Waals surface area contributed by atoms with E-state index in [1.54, 1.807) is 30.6 Å². The van der Waals surface area contributed by atoms with Crippen molar-refractivity contribution in [2.75, 3.05) is 0 Å². The third-order valence-electron chi connectivity index (χ3n) is 4.76. The quantitative estimate of drug-likeness (QED) is 0.356. The van der Waals surface area contributed by atoms with E-state index in [1.165, 1.54) is 10.1 Å². The molecule has 0 amide bonds. The van der Waals surface area contributed by atoms with E-state index < -0.39 is 9.84 Å². The number of aromatic nitrogens is 4. The smallest absolute Gasteiger partial charge is 0.233 e. The van der Waals surface area contributed by atoms with Crippen LogP contribution >= 0.6 is 11.3 Å². The molecule has 0 fully saturated rings. The van der Waals surface area contributed by atoms with Gasteiger partial charge in [-0.2, -0.15) is 0 Å². The molecular weight excluding hydrogens is 444 g/mol. The molecule has 0 aliphatic heterocycles. The first-order chi connectivity index (χ1) is 15.5. The van der Waals surface area contributed by atoms with Crippen molar-refractivity contribution in [3.8, 4) is 22.8 Å². The molecule has 5 rings (SSSR count). The summed E-state index contributed by atoms with van der Waals surface area (Å²) in [4.78, 5) is 9.15. The van der Waals surface area contributed by atoms with Gasteiger partial charge in [0.05, 0.1) is 23.3 Å². The van der Waals surface area contributed by atoms with Crippen LogP contribution in [0, 0.1) is 6.92 Å². The van der Waals surface area contributed by atoms with Gasteiger partial charge in [0.25, 0.3) is 0 Å². The maximum atomic E-state index is 12.7. The topological polar surface area (TPSA) is 86.5 Å². The van der Waals surface area contributed by atoms with Crippen LogP contribution in [0.15, 0.2) is 83.5 Å². The number of ether oxygens (including phenoxy) is 1. The minimum absolute atomic E-state index is 0.0269. The molecule has 0 atom stereocenters. The van der Waals surface area contributed by atoms with Crippen molar-refractivity contribution < 1.29 is 13.2 Å². The highest BCUT2D eigenvalue weighted by Gasteiger charge is 2.22. The Morgan fingerprint density at radius 2 is 1.69 bits per heavy atom.